The first-order chi connectivity index (χ1) is 7.11. The van der Waals surface area contributed by atoms with Gasteiger partial charge in [0.1, 0.15) is 12.6 Å². The number of carbonyl (C=O) groups excluding carboxylic acids is 4. The average Bonchev–Trinajstić information content (AvgIpc) is 2.20. The fraction of sp³-hybridized carbons (Fsp3) is 0.600. The van der Waals surface area contributed by atoms with Crippen molar-refractivity contribution in [3.05, 3.63) is 0 Å². The highest BCUT2D eigenvalue weighted by molar-refractivity contribution is 5.88. The number of ketones is 1. The van der Waals surface area contributed by atoms with Gasteiger partial charge < -0.3 is 14.9 Å². The fourth-order valence-electron chi connectivity index (χ4n) is 1.07. The molecule has 1 amide bonds. The predicted octanol–water partition coefficient (Wildman–Crippen LogP) is 0.0184. The molecule has 0 fully saturated rings. The van der Waals surface area contributed by atoms with E-state index in [1.54, 1.807) is 0 Å². The van der Waals surface area contributed by atoms with Gasteiger partial charge in [-0.05, 0) is 13.3 Å². The Labute approximate surface area is 88.2 Å². The number of amides is 1. The van der Waals surface area contributed by atoms with Crippen molar-refractivity contribution in [2.75, 3.05) is 0 Å². The molecule has 0 saturated carbocycles. The van der Waals surface area contributed by atoms with Crippen LogP contribution in [0.2, 0.25) is 0 Å². The average molecular weight is 213 g/mol. The number of rotatable bonds is 8. The van der Waals surface area contributed by atoms with Gasteiger partial charge in [-0.25, -0.2) is 0 Å². The molecule has 0 aromatic rings. The van der Waals surface area contributed by atoms with Crippen LogP contribution in [0.1, 0.15) is 32.6 Å². The van der Waals surface area contributed by atoms with E-state index in [-0.39, 0.29) is 31.0 Å². The minimum absolute atomic E-state index is 0.0777. The van der Waals surface area contributed by atoms with Crippen LogP contribution >= 0.6 is 0 Å². The van der Waals surface area contributed by atoms with Crippen LogP contribution in [0.5, 0.6) is 0 Å². The van der Waals surface area contributed by atoms with E-state index in [4.69, 9.17) is 0 Å². The van der Waals surface area contributed by atoms with Gasteiger partial charge in [-0.3, -0.25) is 9.59 Å². The summed E-state index contributed by atoms with van der Waals surface area (Å²) in [6.45, 7) is 1.36. The van der Waals surface area contributed by atoms with Crippen LogP contribution in [-0.2, 0) is 19.2 Å². The second-order valence-electron chi connectivity index (χ2n) is 3.18. The lowest BCUT2D eigenvalue weighted by atomic mass is 10.1. The highest BCUT2D eigenvalue weighted by atomic mass is 16.2. The summed E-state index contributed by atoms with van der Waals surface area (Å²) in [5.41, 5.74) is 0. The molecule has 0 aromatic heterocycles. The molecule has 84 valence electrons. The Balaban J connectivity index is 4.03. The van der Waals surface area contributed by atoms with Crippen LogP contribution in [0.15, 0.2) is 0 Å². The zero-order chi connectivity index (χ0) is 11.7. The molecule has 0 spiro atoms. The maximum atomic E-state index is 11.2. The lowest BCUT2D eigenvalue weighted by Crippen LogP contribution is -2.39. The predicted molar refractivity (Wildman–Crippen MR) is 53.2 cm³/mol. The summed E-state index contributed by atoms with van der Waals surface area (Å²) in [6.07, 6.45) is 2.11. The van der Waals surface area contributed by atoms with Crippen LogP contribution in [0, 0.1) is 0 Å². The molecule has 0 bridgehead atoms. The molecule has 0 rings (SSSR count). The van der Waals surface area contributed by atoms with Gasteiger partial charge in [0.2, 0.25) is 5.91 Å². The van der Waals surface area contributed by atoms with Crippen LogP contribution < -0.4 is 5.32 Å². The zero-order valence-corrected chi connectivity index (χ0v) is 8.69. The third-order valence-corrected chi connectivity index (χ3v) is 1.89. The summed E-state index contributed by atoms with van der Waals surface area (Å²) in [4.78, 5) is 42.4. The Morgan fingerprint density at radius 2 is 1.80 bits per heavy atom. The van der Waals surface area contributed by atoms with Crippen molar-refractivity contribution in [3.8, 4) is 0 Å². The Morgan fingerprint density at radius 1 is 1.20 bits per heavy atom. The van der Waals surface area contributed by atoms with Gasteiger partial charge in [0.15, 0.2) is 5.78 Å². The van der Waals surface area contributed by atoms with E-state index in [0.717, 1.165) is 0 Å². The molecule has 0 heterocycles. The Morgan fingerprint density at radius 3 is 2.27 bits per heavy atom. The van der Waals surface area contributed by atoms with E-state index >= 15 is 0 Å². The van der Waals surface area contributed by atoms with Crippen molar-refractivity contribution in [2.45, 2.75) is 38.6 Å². The Hall–Kier alpha value is -1.52. The summed E-state index contributed by atoms with van der Waals surface area (Å²) in [6, 6.07) is -0.616. The SMILES string of the molecule is CC(=O)C(CCC=O)NC(=O)CCC=O. The summed E-state index contributed by atoms with van der Waals surface area (Å²) < 4.78 is 0. The van der Waals surface area contributed by atoms with Gasteiger partial charge in [0.05, 0.1) is 6.04 Å². The summed E-state index contributed by atoms with van der Waals surface area (Å²) in [7, 11) is 0. The largest absolute Gasteiger partial charge is 0.346 e. The molecule has 0 aliphatic heterocycles. The van der Waals surface area contributed by atoms with Crippen LogP contribution in [0.4, 0.5) is 0 Å². The number of aldehydes is 2. The molecule has 1 unspecified atom stereocenters. The van der Waals surface area contributed by atoms with Crippen molar-refractivity contribution in [3.63, 3.8) is 0 Å². The highest BCUT2D eigenvalue weighted by Crippen LogP contribution is 1.98. The summed E-state index contributed by atoms with van der Waals surface area (Å²) in [5.74, 6) is -0.524. The Kier molecular flexibility index (Phi) is 7.05. The molecule has 0 aromatic carbocycles. The number of nitrogens with one attached hydrogen (secondary N) is 1. The van der Waals surface area contributed by atoms with Crippen LogP contribution in [-0.4, -0.2) is 30.3 Å². The molecule has 1 N–H and O–H groups in total. The molecular weight excluding hydrogens is 198 g/mol. The van der Waals surface area contributed by atoms with E-state index < -0.39 is 6.04 Å². The van der Waals surface area contributed by atoms with Crippen molar-refractivity contribution in [1.29, 1.82) is 0 Å². The summed E-state index contributed by atoms with van der Waals surface area (Å²) in [5, 5.41) is 2.48. The molecule has 0 saturated heterocycles. The number of Topliss-reactive ketones (excluding diaryl/α,β-unsaturated/α-hetero) is 1. The second kappa shape index (κ2) is 7.84. The monoisotopic (exact) mass is 213 g/mol. The first-order valence-electron chi connectivity index (χ1n) is 4.79. The topological polar surface area (TPSA) is 80.3 Å². The minimum Gasteiger partial charge on any atom is -0.346 e. The first kappa shape index (κ1) is 13.5. The fourth-order valence-corrected chi connectivity index (χ4v) is 1.07. The summed E-state index contributed by atoms with van der Waals surface area (Å²) >= 11 is 0. The quantitative estimate of drug-likeness (QED) is 0.576. The van der Waals surface area contributed by atoms with Gasteiger partial charge in [0, 0.05) is 19.3 Å². The minimum atomic E-state index is -0.616. The third-order valence-electron chi connectivity index (χ3n) is 1.89. The van der Waals surface area contributed by atoms with Crippen molar-refractivity contribution >= 4 is 24.3 Å². The van der Waals surface area contributed by atoms with E-state index in [1.807, 2.05) is 0 Å². The maximum absolute atomic E-state index is 11.2. The van der Waals surface area contributed by atoms with Gasteiger partial charge in [0.25, 0.3) is 0 Å². The lowest BCUT2D eigenvalue weighted by Gasteiger charge is -2.13. The van der Waals surface area contributed by atoms with Gasteiger partial charge in [-0.2, -0.15) is 0 Å². The van der Waals surface area contributed by atoms with Crippen molar-refractivity contribution < 1.29 is 19.2 Å². The smallest absolute Gasteiger partial charge is 0.221 e. The molecule has 0 radical (unpaired) electrons. The van der Waals surface area contributed by atoms with Crippen LogP contribution in [0.25, 0.3) is 0 Å². The highest BCUT2D eigenvalue weighted by Gasteiger charge is 2.15. The molecule has 0 aliphatic carbocycles. The molecular formula is C10H15NO4. The van der Waals surface area contributed by atoms with Crippen LogP contribution in [0.3, 0.4) is 0 Å². The number of hydrogen-bond acceptors (Lipinski definition) is 4. The van der Waals surface area contributed by atoms with E-state index in [2.05, 4.69) is 5.32 Å². The van der Waals surface area contributed by atoms with Gasteiger partial charge in [-0.15, -0.1) is 0 Å². The normalized spacial score (nSPS) is 11.5. The van der Waals surface area contributed by atoms with E-state index in [9.17, 15) is 19.2 Å². The van der Waals surface area contributed by atoms with Gasteiger partial charge in [-0.1, -0.05) is 0 Å². The molecule has 5 nitrogen and oxygen atoms in total. The maximum Gasteiger partial charge on any atom is 0.221 e. The third kappa shape index (κ3) is 6.54. The Bertz CT molecular complexity index is 250. The molecule has 1 atom stereocenters. The van der Waals surface area contributed by atoms with Crippen molar-refractivity contribution in [2.24, 2.45) is 0 Å². The first-order valence-corrected chi connectivity index (χ1v) is 4.79. The molecule has 15 heavy (non-hydrogen) atoms. The molecule has 0 aliphatic rings. The second-order valence-corrected chi connectivity index (χ2v) is 3.18. The number of carbonyl (C=O) groups is 4. The molecule has 5 heteroatoms. The standard InChI is InChI=1S/C10H15NO4/c1-8(14)9(4-2-6-12)11-10(15)5-3-7-13/h6-7,9H,2-5H2,1H3,(H,11,15). The lowest BCUT2D eigenvalue weighted by molar-refractivity contribution is -0.127. The van der Waals surface area contributed by atoms with Crippen molar-refractivity contribution in [1.82, 2.24) is 5.32 Å². The zero-order valence-electron chi connectivity index (χ0n) is 8.69. The van der Waals surface area contributed by atoms with E-state index in [0.29, 0.717) is 19.0 Å². The number of hydrogen-bond donors (Lipinski definition) is 1. The van der Waals surface area contributed by atoms with E-state index in [1.165, 1.54) is 6.92 Å². The van der Waals surface area contributed by atoms with Gasteiger partial charge >= 0.3 is 0 Å².